The molecule has 1 aromatic heterocycles. The maximum absolute atomic E-state index is 13.6. The number of halogens is 1. The molecule has 186 valence electrons. The van der Waals surface area contributed by atoms with Crippen LogP contribution in [0.1, 0.15) is 25.7 Å². The molecular formula is C20H32FN5O6S. The quantitative estimate of drug-likeness (QED) is 0.187. The highest BCUT2D eigenvalue weighted by Gasteiger charge is 2.55. The minimum Gasteiger partial charge on any atom is -0.474 e. The SMILES string of the molecule is COCCNCC1(C(=O)NO)CCC(CO)N1S(=O)N1CCC(Oc2ccc(F)cn2)CC1. The number of hydrogen-bond acceptors (Lipinski definition) is 8. The van der Waals surface area contributed by atoms with Crippen molar-refractivity contribution in [3.05, 3.63) is 24.1 Å². The van der Waals surface area contributed by atoms with Gasteiger partial charge in [0.05, 0.1) is 19.4 Å². The Bertz CT molecular complexity index is 798. The van der Waals surface area contributed by atoms with Crippen LogP contribution in [0, 0.1) is 5.82 Å². The molecule has 0 spiro atoms. The zero-order valence-corrected chi connectivity index (χ0v) is 19.4. The van der Waals surface area contributed by atoms with Crippen LogP contribution in [-0.2, 0) is 20.7 Å². The summed E-state index contributed by atoms with van der Waals surface area (Å²) in [4.78, 5) is 16.7. The van der Waals surface area contributed by atoms with Gasteiger partial charge in [-0.1, -0.05) is 0 Å². The van der Waals surface area contributed by atoms with Crippen molar-refractivity contribution in [2.75, 3.05) is 46.5 Å². The minimum atomic E-state index is -1.73. The van der Waals surface area contributed by atoms with E-state index in [-0.39, 0.29) is 19.3 Å². The number of nitrogens with one attached hydrogen (secondary N) is 2. The van der Waals surface area contributed by atoms with E-state index in [0.717, 1.165) is 6.20 Å². The first-order valence-corrected chi connectivity index (χ1v) is 12.0. The van der Waals surface area contributed by atoms with Crippen LogP contribution in [0.2, 0.25) is 0 Å². The number of hydrogen-bond donors (Lipinski definition) is 4. The Morgan fingerprint density at radius 3 is 2.73 bits per heavy atom. The third kappa shape index (κ3) is 6.04. The van der Waals surface area contributed by atoms with Gasteiger partial charge in [-0.3, -0.25) is 10.0 Å². The summed E-state index contributed by atoms with van der Waals surface area (Å²) < 4.78 is 40.8. The van der Waals surface area contributed by atoms with E-state index in [1.807, 2.05) is 0 Å². The van der Waals surface area contributed by atoms with Gasteiger partial charge in [0.15, 0.2) is 11.2 Å². The summed E-state index contributed by atoms with van der Waals surface area (Å²) >= 11 is -1.73. The molecule has 2 saturated heterocycles. The van der Waals surface area contributed by atoms with E-state index in [0.29, 0.717) is 57.8 Å². The molecule has 1 amide bonds. The van der Waals surface area contributed by atoms with Crippen molar-refractivity contribution >= 4 is 17.1 Å². The first-order chi connectivity index (χ1) is 15.9. The predicted octanol–water partition coefficient (Wildman–Crippen LogP) is -0.420. The number of nitrogens with zero attached hydrogens (tertiary/aromatic N) is 3. The summed E-state index contributed by atoms with van der Waals surface area (Å²) in [5, 5.41) is 22.5. The maximum Gasteiger partial charge on any atom is 0.266 e. The standard InChI is InChI=1S/C20H32FN5O6S/c1-31-11-8-22-14-20(19(28)24-29)7-4-16(13-27)26(20)33(30)25-9-5-17(6-10-25)32-18-3-2-15(21)12-23-18/h2-3,12,16-17,22,27,29H,4-11,13-14H2,1H3,(H,24,28). The van der Waals surface area contributed by atoms with Crippen molar-refractivity contribution < 1.29 is 33.2 Å². The lowest BCUT2D eigenvalue weighted by molar-refractivity contribution is -0.138. The second-order valence-electron chi connectivity index (χ2n) is 8.13. The molecule has 0 bridgehead atoms. The van der Waals surface area contributed by atoms with Crippen LogP contribution in [0.15, 0.2) is 18.3 Å². The van der Waals surface area contributed by atoms with Crippen LogP contribution >= 0.6 is 0 Å². The number of aliphatic hydroxyl groups excluding tert-OH is 1. The highest BCUT2D eigenvalue weighted by Crippen LogP contribution is 2.37. The number of aliphatic hydroxyl groups is 1. The first kappa shape index (κ1) is 25.9. The highest BCUT2D eigenvalue weighted by atomic mass is 32.2. The number of pyridine rings is 1. The normalized spacial score (nSPS) is 25.8. The second kappa shape index (κ2) is 12.1. The molecule has 3 rings (SSSR count). The summed E-state index contributed by atoms with van der Waals surface area (Å²) in [7, 11) is 1.57. The zero-order chi connectivity index (χ0) is 23.8. The molecule has 2 fully saturated rings. The van der Waals surface area contributed by atoms with Gasteiger partial charge in [0.2, 0.25) is 5.88 Å². The van der Waals surface area contributed by atoms with E-state index in [1.165, 1.54) is 16.4 Å². The van der Waals surface area contributed by atoms with E-state index in [1.54, 1.807) is 16.9 Å². The predicted molar refractivity (Wildman–Crippen MR) is 117 cm³/mol. The monoisotopic (exact) mass is 489 g/mol. The van der Waals surface area contributed by atoms with Gasteiger partial charge >= 0.3 is 0 Å². The van der Waals surface area contributed by atoms with Crippen LogP contribution in [-0.4, -0.2) is 98.2 Å². The van der Waals surface area contributed by atoms with E-state index in [9.17, 15) is 23.7 Å². The number of carbonyl (C=O) groups excluding carboxylic acids is 1. The van der Waals surface area contributed by atoms with Gasteiger partial charge in [-0.25, -0.2) is 23.4 Å². The average Bonchev–Trinajstić information content (AvgIpc) is 3.22. The van der Waals surface area contributed by atoms with E-state index >= 15 is 0 Å². The van der Waals surface area contributed by atoms with Gasteiger partial charge in [0.25, 0.3) is 5.91 Å². The van der Waals surface area contributed by atoms with Crippen LogP contribution in [0.4, 0.5) is 4.39 Å². The van der Waals surface area contributed by atoms with Crippen LogP contribution in [0.25, 0.3) is 0 Å². The lowest BCUT2D eigenvalue weighted by atomic mass is 9.96. The molecule has 3 unspecified atom stereocenters. The molecule has 0 radical (unpaired) electrons. The van der Waals surface area contributed by atoms with Gasteiger partial charge in [-0.2, -0.15) is 4.31 Å². The van der Waals surface area contributed by atoms with Gasteiger partial charge in [-0.15, -0.1) is 0 Å². The number of piperidine rings is 1. The zero-order valence-electron chi connectivity index (χ0n) is 18.6. The van der Waals surface area contributed by atoms with Crippen LogP contribution in [0.5, 0.6) is 5.88 Å². The Morgan fingerprint density at radius 1 is 1.36 bits per heavy atom. The molecule has 2 aliphatic heterocycles. The van der Waals surface area contributed by atoms with Crippen molar-refractivity contribution in [2.45, 2.75) is 43.4 Å². The van der Waals surface area contributed by atoms with E-state index in [4.69, 9.17) is 9.47 Å². The fourth-order valence-corrected chi connectivity index (χ4v) is 6.03. The lowest BCUT2D eigenvalue weighted by Gasteiger charge is -2.41. The highest BCUT2D eigenvalue weighted by molar-refractivity contribution is 7.80. The summed E-state index contributed by atoms with van der Waals surface area (Å²) in [5.41, 5.74) is 0.434. The Hall–Kier alpha value is -1.74. The van der Waals surface area contributed by atoms with Gasteiger partial charge in [0, 0.05) is 45.4 Å². The van der Waals surface area contributed by atoms with Gasteiger partial charge in [0.1, 0.15) is 17.5 Å². The molecule has 3 atom stereocenters. The van der Waals surface area contributed by atoms with Gasteiger partial charge in [-0.05, 0) is 31.7 Å². The molecule has 0 aromatic carbocycles. The topological polar surface area (TPSA) is 136 Å². The smallest absolute Gasteiger partial charge is 0.266 e. The van der Waals surface area contributed by atoms with Crippen molar-refractivity contribution in [1.82, 2.24) is 24.4 Å². The van der Waals surface area contributed by atoms with E-state index in [2.05, 4.69) is 10.3 Å². The first-order valence-electron chi connectivity index (χ1n) is 10.9. The molecule has 2 aliphatic rings. The number of methoxy groups -OCH3 is 1. The minimum absolute atomic E-state index is 0.140. The van der Waals surface area contributed by atoms with E-state index < -0.39 is 34.5 Å². The third-order valence-corrected chi connectivity index (χ3v) is 7.85. The molecule has 13 heteroatoms. The molecule has 1 aromatic rings. The second-order valence-corrected chi connectivity index (χ2v) is 9.51. The fourth-order valence-electron chi connectivity index (χ4n) is 4.29. The van der Waals surface area contributed by atoms with Gasteiger partial charge < -0.3 is 19.9 Å². The Labute approximate surface area is 194 Å². The number of ether oxygens (including phenoxy) is 2. The molecule has 4 N–H and O–H groups in total. The fraction of sp³-hybridized carbons (Fsp3) is 0.700. The van der Waals surface area contributed by atoms with Crippen LogP contribution in [0.3, 0.4) is 0 Å². The van der Waals surface area contributed by atoms with Crippen molar-refractivity contribution in [3.63, 3.8) is 0 Å². The summed E-state index contributed by atoms with van der Waals surface area (Å²) in [6.45, 7) is 1.64. The number of aromatic nitrogens is 1. The van der Waals surface area contributed by atoms with Crippen molar-refractivity contribution in [2.24, 2.45) is 0 Å². The molecular weight excluding hydrogens is 457 g/mol. The summed E-state index contributed by atoms with van der Waals surface area (Å²) in [5.74, 6) is -0.780. The summed E-state index contributed by atoms with van der Waals surface area (Å²) in [6.07, 6.45) is 2.84. The van der Waals surface area contributed by atoms with Crippen LogP contribution < -0.4 is 15.5 Å². The molecule has 3 heterocycles. The van der Waals surface area contributed by atoms with Crippen molar-refractivity contribution in [1.29, 1.82) is 0 Å². The Balaban J connectivity index is 1.68. The molecule has 11 nitrogen and oxygen atoms in total. The largest absolute Gasteiger partial charge is 0.474 e. The maximum atomic E-state index is 13.6. The Morgan fingerprint density at radius 2 is 2.12 bits per heavy atom. The molecule has 0 aliphatic carbocycles. The number of carbonyl (C=O) groups is 1. The third-order valence-electron chi connectivity index (χ3n) is 6.06. The lowest BCUT2D eigenvalue weighted by Crippen LogP contribution is -2.64. The average molecular weight is 490 g/mol. The molecule has 33 heavy (non-hydrogen) atoms. The Kier molecular flexibility index (Phi) is 9.49. The number of amides is 1. The molecule has 0 saturated carbocycles. The number of rotatable bonds is 11. The van der Waals surface area contributed by atoms with Crippen molar-refractivity contribution in [3.8, 4) is 5.88 Å². The number of hydroxylamine groups is 1. The summed E-state index contributed by atoms with van der Waals surface area (Å²) in [6, 6.07) is 2.25.